The molecule has 8 nitrogen and oxygen atoms in total. The Bertz CT molecular complexity index is 1650. The van der Waals surface area contributed by atoms with Crippen molar-refractivity contribution in [2.45, 2.75) is 32.2 Å². The Labute approximate surface area is 246 Å². The molecular weight excluding hydrogens is 564 g/mol. The van der Waals surface area contributed by atoms with Crippen LogP contribution in [0.25, 0.3) is 16.0 Å². The number of ketones is 1. The lowest BCUT2D eigenvalue weighted by atomic mass is 9.95. The molecule has 1 N–H and O–H groups in total. The van der Waals surface area contributed by atoms with Crippen LogP contribution in [-0.2, 0) is 9.59 Å². The number of fused-ring (bicyclic) bond motifs is 1. The Morgan fingerprint density at radius 1 is 1.02 bits per heavy atom. The largest absolute Gasteiger partial charge is 0.507 e. The van der Waals surface area contributed by atoms with Crippen molar-refractivity contribution < 1.29 is 28.9 Å². The average molecular weight is 593 g/mol. The SMILES string of the molecule is CCCCCOc1ccc(C2C(=C(O)c3cccc(OC)c3)C(=O)C(=O)N2c2nc3ccc(Cl)cc3s2)cc1OC. The zero-order chi connectivity index (χ0) is 29.1. The van der Waals surface area contributed by atoms with E-state index in [0.717, 1.165) is 24.0 Å². The van der Waals surface area contributed by atoms with Crippen molar-refractivity contribution in [1.29, 1.82) is 0 Å². The number of halogens is 1. The summed E-state index contributed by atoms with van der Waals surface area (Å²) in [6.07, 6.45) is 3.03. The minimum absolute atomic E-state index is 0.0702. The van der Waals surface area contributed by atoms with Gasteiger partial charge in [0.25, 0.3) is 5.78 Å². The van der Waals surface area contributed by atoms with E-state index in [9.17, 15) is 14.7 Å². The zero-order valence-electron chi connectivity index (χ0n) is 22.8. The van der Waals surface area contributed by atoms with Gasteiger partial charge in [-0.25, -0.2) is 4.98 Å². The first kappa shape index (κ1) is 28.4. The van der Waals surface area contributed by atoms with Gasteiger partial charge in [-0.3, -0.25) is 14.5 Å². The quantitative estimate of drug-likeness (QED) is 0.0902. The lowest BCUT2D eigenvalue weighted by Crippen LogP contribution is -2.29. The lowest BCUT2D eigenvalue weighted by molar-refractivity contribution is -0.132. The van der Waals surface area contributed by atoms with Crippen molar-refractivity contribution in [3.8, 4) is 17.2 Å². The number of benzene rings is 3. The molecule has 1 amide bonds. The summed E-state index contributed by atoms with van der Waals surface area (Å²) >= 11 is 7.43. The highest BCUT2D eigenvalue weighted by molar-refractivity contribution is 7.22. The van der Waals surface area contributed by atoms with Crippen LogP contribution in [0.2, 0.25) is 5.02 Å². The van der Waals surface area contributed by atoms with Crippen LogP contribution in [0.4, 0.5) is 5.13 Å². The maximum absolute atomic E-state index is 13.6. The van der Waals surface area contributed by atoms with Gasteiger partial charge < -0.3 is 19.3 Å². The fourth-order valence-corrected chi connectivity index (χ4v) is 6.04. The number of aromatic nitrogens is 1. The summed E-state index contributed by atoms with van der Waals surface area (Å²) in [6, 6.07) is 16.2. The molecule has 5 rings (SSSR count). The van der Waals surface area contributed by atoms with Crippen molar-refractivity contribution in [2.75, 3.05) is 25.7 Å². The van der Waals surface area contributed by atoms with Crippen molar-refractivity contribution >= 4 is 55.7 Å². The lowest BCUT2D eigenvalue weighted by Gasteiger charge is -2.24. The predicted octanol–water partition coefficient (Wildman–Crippen LogP) is 7.16. The molecule has 3 aromatic carbocycles. The number of nitrogens with zero attached hydrogens (tertiary/aromatic N) is 2. The minimum Gasteiger partial charge on any atom is -0.507 e. The number of Topliss-reactive ketones (excluding diaryl/α,β-unsaturated/α-hetero) is 1. The number of ether oxygens (including phenoxy) is 3. The van der Waals surface area contributed by atoms with E-state index in [1.54, 1.807) is 60.7 Å². The summed E-state index contributed by atoms with van der Waals surface area (Å²) in [4.78, 5) is 33.2. The number of rotatable bonds is 10. The number of thiazole rings is 1. The number of carbonyl (C=O) groups is 2. The molecule has 1 aliphatic heterocycles. The fraction of sp³-hybridized carbons (Fsp3) is 0.258. The Morgan fingerprint density at radius 3 is 2.61 bits per heavy atom. The fourth-order valence-electron chi connectivity index (χ4n) is 4.77. The summed E-state index contributed by atoms with van der Waals surface area (Å²) in [5.74, 6) is -0.462. The molecule has 10 heteroatoms. The Balaban J connectivity index is 1.66. The smallest absolute Gasteiger partial charge is 0.301 e. The topological polar surface area (TPSA) is 98.2 Å². The predicted molar refractivity (Wildman–Crippen MR) is 160 cm³/mol. The second kappa shape index (κ2) is 12.2. The van der Waals surface area contributed by atoms with Gasteiger partial charge in [0.1, 0.15) is 11.5 Å². The number of hydrogen-bond acceptors (Lipinski definition) is 8. The van der Waals surface area contributed by atoms with Gasteiger partial charge in [-0.15, -0.1) is 0 Å². The highest BCUT2D eigenvalue weighted by Crippen LogP contribution is 2.46. The zero-order valence-corrected chi connectivity index (χ0v) is 24.4. The van der Waals surface area contributed by atoms with Crippen molar-refractivity contribution in [2.24, 2.45) is 0 Å². The van der Waals surface area contributed by atoms with Gasteiger partial charge in [-0.1, -0.05) is 60.9 Å². The highest BCUT2D eigenvalue weighted by atomic mass is 35.5. The number of anilines is 1. The first-order valence-electron chi connectivity index (χ1n) is 13.2. The number of aliphatic hydroxyl groups is 1. The minimum atomic E-state index is -0.986. The number of methoxy groups -OCH3 is 2. The number of amides is 1. The Morgan fingerprint density at radius 2 is 1.85 bits per heavy atom. The third kappa shape index (κ3) is 5.60. The van der Waals surface area contributed by atoms with E-state index in [2.05, 4.69) is 11.9 Å². The molecule has 1 aliphatic rings. The van der Waals surface area contributed by atoms with Gasteiger partial charge >= 0.3 is 5.91 Å². The average Bonchev–Trinajstić information content (AvgIpc) is 3.52. The molecule has 1 aromatic heterocycles. The molecule has 0 bridgehead atoms. The third-order valence-corrected chi connectivity index (χ3v) is 8.09. The molecule has 0 radical (unpaired) electrons. The molecule has 0 aliphatic carbocycles. The van der Waals surface area contributed by atoms with Crippen LogP contribution < -0.4 is 19.1 Å². The number of carbonyl (C=O) groups excluding carboxylic acids is 2. The molecular formula is C31H29ClN2O6S. The van der Waals surface area contributed by atoms with Gasteiger partial charge in [-0.05, 0) is 54.4 Å². The van der Waals surface area contributed by atoms with Crippen LogP contribution in [0.5, 0.6) is 17.2 Å². The molecule has 1 unspecified atom stereocenters. The van der Waals surface area contributed by atoms with E-state index in [4.69, 9.17) is 25.8 Å². The summed E-state index contributed by atoms with van der Waals surface area (Å²) in [6.45, 7) is 2.66. The molecule has 2 heterocycles. The normalized spacial score (nSPS) is 16.4. The van der Waals surface area contributed by atoms with Gasteiger partial charge in [0.2, 0.25) is 0 Å². The second-order valence-electron chi connectivity index (χ2n) is 9.48. The highest BCUT2D eigenvalue weighted by Gasteiger charge is 2.48. The van der Waals surface area contributed by atoms with E-state index in [-0.39, 0.29) is 11.3 Å². The maximum Gasteiger partial charge on any atom is 0.301 e. The molecule has 4 aromatic rings. The van der Waals surface area contributed by atoms with Crippen molar-refractivity contribution in [3.63, 3.8) is 0 Å². The third-order valence-electron chi connectivity index (χ3n) is 6.84. The van der Waals surface area contributed by atoms with E-state index >= 15 is 0 Å². The molecule has 0 saturated carbocycles. The van der Waals surface area contributed by atoms with Gasteiger partial charge in [0, 0.05) is 10.6 Å². The number of aliphatic hydroxyl groups excluding tert-OH is 1. The Kier molecular flexibility index (Phi) is 8.46. The van der Waals surface area contributed by atoms with Crippen LogP contribution in [0.1, 0.15) is 43.4 Å². The summed E-state index contributed by atoms with van der Waals surface area (Å²) in [5.41, 5.74) is 1.45. The van der Waals surface area contributed by atoms with Crippen molar-refractivity contribution in [1.82, 2.24) is 4.98 Å². The molecule has 1 fully saturated rings. The van der Waals surface area contributed by atoms with E-state index < -0.39 is 17.7 Å². The first-order chi connectivity index (χ1) is 19.9. The number of hydrogen-bond donors (Lipinski definition) is 1. The Hall–Kier alpha value is -4.08. The summed E-state index contributed by atoms with van der Waals surface area (Å²) in [5, 5.41) is 12.3. The number of unbranched alkanes of at least 4 members (excludes halogenated alkanes) is 2. The van der Waals surface area contributed by atoms with Crippen molar-refractivity contribution in [3.05, 3.63) is 82.4 Å². The molecule has 0 spiro atoms. The van der Waals surface area contributed by atoms with Crippen LogP contribution in [0.15, 0.2) is 66.2 Å². The van der Waals surface area contributed by atoms with Gasteiger partial charge in [-0.2, -0.15) is 0 Å². The van der Waals surface area contributed by atoms with E-state index in [1.807, 2.05) is 0 Å². The van der Waals surface area contributed by atoms with E-state index in [0.29, 0.717) is 50.7 Å². The summed E-state index contributed by atoms with van der Waals surface area (Å²) < 4.78 is 17.6. The first-order valence-corrected chi connectivity index (χ1v) is 14.4. The standard InChI is InChI=1S/C31H29ClN2O6S/c1-4-5-6-14-40-23-13-10-18(16-24(23)39-3)27-26(28(35)19-8-7-9-21(15-19)38-2)29(36)30(37)34(27)31-33-22-12-11-20(32)17-25(22)41-31/h7-13,15-17,27,35H,4-6,14H2,1-3H3. The van der Waals surface area contributed by atoms with Crippen LogP contribution in [0, 0.1) is 0 Å². The van der Waals surface area contributed by atoms with Gasteiger partial charge in [0.15, 0.2) is 16.6 Å². The molecule has 1 saturated heterocycles. The molecule has 212 valence electrons. The molecule has 1 atom stereocenters. The summed E-state index contributed by atoms with van der Waals surface area (Å²) in [7, 11) is 3.04. The van der Waals surface area contributed by atoms with Gasteiger partial charge in [0.05, 0.1) is 42.7 Å². The van der Waals surface area contributed by atoms with Crippen LogP contribution in [-0.4, -0.2) is 42.6 Å². The molecule has 41 heavy (non-hydrogen) atoms. The maximum atomic E-state index is 13.6. The second-order valence-corrected chi connectivity index (χ2v) is 10.9. The van der Waals surface area contributed by atoms with Crippen LogP contribution in [0.3, 0.4) is 0 Å². The van der Waals surface area contributed by atoms with E-state index in [1.165, 1.54) is 30.5 Å². The monoisotopic (exact) mass is 592 g/mol. The van der Waals surface area contributed by atoms with Crippen LogP contribution >= 0.6 is 22.9 Å².